The van der Waals surface area contributed by atoms with E-state index in [0.717, 1.165) is 16.2 Å². The Morgan fingerprint density at radius 3 is 2.74 bits per heavy atom. The van der Waals surface area contributed by atoms with E-state index in [0.29, 0.717) is 0 Å². The monoisotopic (exact) mass is 521 g/mol. The number of carboxylic acids is 1. The highest BCUT2D eigenvalue weighted by molar-refractivity contribution is 8.00. The predicted octanol–water partition coefficient (Wildman–Crippen LogP) is 0.176. The summed E-state index contributed by atoms with van der Waals surface area (Å²) in [6.45, 7) is 1.52. The lowest BCUT2D eigenvalue weighted by Crippen LogP contribution is -2.71. The van der Waals surface area contributed by atoms with Gasteiger partial charge in [0.2, 0.25) is 0 Å². The Bertz CT molecular complexity index is 1260. The third-order valence-electron chi connectivity index (χ3n) is 5.23. The number of oxime groups is 1. The number of carboxylic acid groups (broad SMARTS) is 1. The average Bonchev–Trinajstić information content (AvgIpc) is 3.37. The molecule has 0 spiro atoms. The minimum absolute atomic E-state index is 0.0589. The number of nitrogens with zero attached hydrogens (tertiary/aromatic N) is 3. The lowest BCUT2D eigenvalue weighted by molar-refractivity contribution is -0.150. The molecule has 0 unspecified atom stereocenters. The molecule has 1 saturated heterocycles. The van der Waals surface area contributed by atoms with Gasteiger partial charge in [-0.15, -0.1) is 23.1 Å². The van der Waals surface area contributed by atoms with Crippen molar-refractivity contribution in [2.45, 2.75) is 18.3 Å². The zero-order valence-electron chi connectivity index (χ0n) is 18.6. The zero-order valence-corrected chi connectivity index (χ0v) is 20.2. The van der Waals surface area contributed by atoms with Crippen LogP contribution in [-0.4, -0.2) is 75.8 Å². The fraction of sp³-hybridized carbons (Fsp3) is 0.300. The van der Waals surface area contributed by atoms with Gasteiger partial charge >= 0.3 is 11.9 Å². The number of aromatic nitrogens is 1. The first kappa shape index (κ1) is 24.3. The lowest BCUT2D eigenvalue weighted by Gasteiger charge is -2.49. The molecule has 2 amide bonds. The van der Waals surface area contributed by atoms with Gasteiger partial charge in [0, 0.05) is 11.1 Å². The molecular formula is C20H19N5O8S2. The molecule has 0 bridgehead atoms. The van der Waals surface area contributed by atoms with Crippen molar-refractivity contribution < 1.29 is 38.6 Å². The van der Waals surface area contributed by atoms with Crippen LogP contribution in [0.15, 0.2) is 45.0 Å². The zero-order chi connectivity index (χ0) is 25.4. The summed E-state index contributed by atoms with van der Waals surface area (Å²) in [5.74, 6) is -2.89. The summed E-state index contributed by atoms with van der Waals surface area (Å²) in [5, 5.41) is 17.2. The molecule has 0 saturated carbocycles. The van der Waals surface area contributed by atoms with E-state index in [2.05, 4.69) is 15.5 Å². The minimum Gasteiger partial charge on any atom is -0.492 e. The SMILES string of the molecule is CO/N=C(\C(=O)N[C@@H]1C(=O)N2C(C(=O)O)=C(/C=C3\OC(=O)C(C)=C3OC)CS[C@H]12)c1csc(N)n1. The Morgan fingerprint density at radius 2 is 2.14 bits per heavy atom. The minimum atomic E-state index is -1.34. The molecule has 15 heteroatoms. The standard InChI is InChI=1S/C20H19N5O8S2/c1-7-14(31-2)10(33-19(7)30)4-8-5-34-17-12(16(27)25(17)13(8)18(28)29)23-15(26)11(24-32-3)9-6-35-20(21)22-9/h4,6,12,17H,5H2,1-3H3,(H2,21,22)(H,23,26)(H,28,29)/b10-4-,24-11-/t12-,17-/m1/s1. The van der Waals surface area contributed by atoms with Crippen LogP contribution in [0.5, 0.6) is 0 Å². The first-order valence-corrected chi connectivity index (χ1v) is 11.8. The number of thioether (sulfide) groups is 1. The Morgan fingerprint density at radius 1 is 1.40 bits per heavy atom. The van der Waals surface area contributed by atoms with E-state index in [-0.39, 0.29) is 50.7 Å². The van der Waals surface area contributed by atoms with E-state index in [1.165, 1.54) is 44.4 Å². The summed E-state index contributed by atoms with van der Waals surface area (Å²) in [6, 6.07) is -1.00. The van der Waals surface area contributed by atoms with Crippen LogP contribution in [0.25, 0.3) is 0 Å². The number of amides is 2. The summed E-state index contributed by atoms with van der Waals surface area (Å²) in [4.78, 5) is 59.5. The van der Waals surface area contributed by atoms with Crippen LogP contribution in [0.2, 0.25) is 0 Å². The van der Waals surface area contributed by atoms with E-state index in [1.54, 1.807) is 0 Å². The molecule has 4 rings (SSSR count). The van der Waals surface area contributed by atoms with Crippen molar-refractivity contribution in [2.24, 2.45) is 5.16 Å². The van der Waals surface area contributed by atoms with Crippen LogP contribution in [-0.2, 0) is 33.5 Å². The van der Waals surface area contributed by atoms with E-state index >= 15 is 0 Å². The van der Waals surface area contributed by atoms with Crippen LogP contribution in [0.3, 0.4) is 0 Å². The number of fused-ring (bicyclic) bond motifs is 1. The Labute approximate surface area is 206 Å². The van der Waals surface area contributed by atoms with Gasteiger partial charge in [0.15, 0.2) is 22.4 Å². The van der Waals surface area contributed by atoms with Crippen LogP contribution in [0, 0.1) is 0 Å². The molecule has 4 heterocycles. The number of rotatable bonds is 7. The molecule has 4 N–H and O–H groups in total. The van der Waals surface area contributed by atoms with Gasteiger partial charge in [0.05, 0.1) is 12.7 Å². The van der Waals surface area contributed by atoms with E-state index < -0.39 is 35.2 Å². The largest absolute Gasteiger partial charge is 0.492 e. The van der Waals surface area contributed by atoms with Crippen LogP contribution in [0.4, 0.5) is 5.13 Å². The second-order valence-electron chi connectivity index (χ2n) is 7.29. The maximum absolute atomic E-state index is 12.9. The second-order valence-corrected chi connectivity index (χ2v) is 9.28. The molecule has 184 valence electrons. The number of esters is 1. The van der Waals surface area contributed by atoms with Crippen molar-refractivity contribution in [2.75, 3.05) is 25.7 Å². The highest BCUT2D eigenvalue weighted by atomic mass is 32.2. The highest BCUT2D eigenvalue weighted by Gasteiger charge is 2.54. The fourth-order valence-electron chi connectivity index (χ4n) is 3.66. The molecule has 1 aromatic heterocycles. The number of nitrogen functional groups attached to an aromatic ring is 1. The van der Waals surface area contributed by atoms with Crippen molar-refractivity contribution in [1.29, 1.82) is 0 Å². The third kappa shape index (κ3) is 4.23. The third-order valence-corrected chi connectivity index (χ3v) is 7.21. The second kappa shape index (κ2) is 9.42. The number of carbonyl (C=O) groups is 4. The van der Waals surface area contributed by atoms with Gasteiger partial charge in [-0.05, 0) is 18.6 Å². The Hall–Kier alpha value is -3.85. The summed E-state index contributed by atoms with van der Waals surface area (Å²) in [5.41, 5.74) is 5.85. The molecular weight excluding hydrogens is 502 g/mol. The molecule has 0 aromatic carbocycles. The summed E-state index contributed by atoms with van der Waals surface area (Å²) >= 11 is 2.34. The van der Waals surface area contributed by atoms with Crippen molar-refractivity contribution in [3.63, 3.8) is 0 Å². The lowest BCUT2D eigenvalue weighted by atomic mass is 10.0. The number of cyclic esters (lactones) is 1. The van der Waals surface area contributed by atoms with Crippen molar-refractivity contribution in [3.05, 3.63) is 45.5 Å². The smallest absolute Gasteiger partial charge is 0.352 e. The number of anilines is 1. The van der Waals surface area contributed by atoms with Gasteiger partial charge in [-0.2, -0.15) is 0 Å². The first-order chi connectivity index (χ1) is 16.7. The number of nitrogens with two attached hydrogens (primary N) is 1. The van der Waals surface area contributed by atoms with Gasteiger partial charge in [-0.25, -0.2) is 14.6 Å². The Kier molecular flexibility index (Phi) is 6.53. The van der Waals surface area contributed by atoms with Gasteiger partial charge in [-0.1, -0.05) is 5.16 Å². The molecule has 13 nitrogen and oxygen atoms in total. The molecule has 1 aromatic rings. The van der Waals surface area contributed by atoms with Crippen molar-refractivity contribution in [3.8, 4) is 0 Å². The topological polar surface area (TPSA) is 183 Å². The molecule has 0 aliphatic carbocycles. The predicted molar refractivity (Wildman–Crippen MR) is 124 cm³/mol. The fourth-order valence-corrected chi connectivity index (χ4v) is 5.52. The quantitative estimate of drug-likeness (QED) is 0.192. The van der Waals surface area contributed by atoms with Gasteiger partial charge < -0.3 is 30.5 Å². The van der Waals surface area contributed by atoms with Gasteiger partial charge in [-0.3, -0.25) is 14.5 Å². The van der Waals surface area contributed by atoms with Crippen LogP contribution < -0.4 is 11.1 Å². The summed E-state index contributed by atoms with van der Waals surface area (Å²) in [7, 11) is 2.61. The Balaban J connectivity index is 1.58. The number of hydrogen-bond acceptors (Lipinski definition) is 12. The average molecular weight is 522 g/mol. The highest BCUT2D eigenvalue weighted by Crippen LogP contribution is 2.41. The van der Waals surface area contributed by atoms with Gasteiger partial charge in [0.25, 0.3) is 11.8 Å². The number of thiazole rings is 1. The molecule has 35 heavy (non-hydrogen) atoms. The van der Waals surface area contributed by atoms with E-state index in [4.69, 9.17) is 20.0 Å². The van der Waals surface area contributed by atoms with Crippen LogP contribution >= 0.6 is 23.1 Å². The molecule has 2 atom stereocenters. The van der Waals surface area contributed by atoms with Crippen molar-refractivity contribution >= 4 is 57.7 Å². The van der Waals surface area contributed by atoms with E-state index in [9.17, 15) is 24.3 Å². The summed E-state index contributed by atoms with van der Waals surface area (Å²) < 4.78 is 10.4. The van der Waals surface area contributed by atoms with Gasteiger partial charge in [0.1, 0.15) is 29.9 Å². The van der Waals surface area contributed by atoms with E-state index in [1.807, 2.05) is 0 Å². The molecule has 1 fully saturated rings. The van der Waals surface area contributed by atoms with Crippen molar-refractivity contribution in [1.82, 2.24) is 15.2 Å². The number of allylic oxidation sites excluding steroid dienone is 1. The maximum atomic E-state index is 12.9. The molecule has 3 aliphatic heterocycles. The first-order valence-electron chi connectivity index (χ1n) is 9.91. The normalized spacial score (nSPS) is 23.2. The maximum Gasteiger partial charge on any atom is 0.352 e. The number of aliphatic carboxylic acids is 1. The molecule has 0 radical (unpaired) electrons. The number of ether oxygens (including phenoxy) is 2. The number of nitrogens with one attached hydrogen (secondary N) is 1. The number of β-lactam (4-membered cyclic amide) rings is 1. The number of carbonyl (C=O) groups excluding carboxylic acids is 3. The number of hydrogen-bond donors (Lipinski definition) is 3. The molecule has 3 aliphatic rings. The number of methoxy groups -OCH3 is 1. The van der Waals surface area contributed by atoms with Crippen LogP contribution in [0.1, 0.15) is 12.6 Å². The summed E-state index contributed by atoms with van der Waals surface area (Å²) in [6.07, 6.45) is 1.37.